The third kappa shape index (κ3) is 7.38. The molecule has 1 atom stereocenters. The van der Waals surface area contributed by atoms with Crippen molar-refractivity contribution in [1.29, 1.82) is 0 Å². The maximum Gasteiger partial charge on any atom is 0.319 e. The topological polar surface area (TPSA) is 91.0 Å². The van der Waals surface area contributed by atoms with Crippen molar-refractivity contribution in [3.8, 4) is 0 Å². The van der Waals surface area contributed by atoms with Gasteiger partial charge in [0.1, 0.15) is 6.04 Å². The number of amides is 4. The molecular weight excluding hydrogens is 492 g/mol. The van der Waals surface area contributed by atoms with Crippen LogP contribution >= 0.6 is 0 Å². The van der Waals surface area contributed by atoms with Crippen LogP contribution in [0.5, 0.6) is 0 Å². The molecule has 2 N–H and O–H groups in total. The van der Waals surface area contributed by atoms with Gasteiger partial charge in [0.25, 0.3) is 0 Å². The van der Waals surface area contributed by atoms with Gasteiger partial charge in [0.2, 0.25) is 11.8 Å². The summed E-state index contributed by atoms with van der Waals surface area (Å²) in [7, 11) is 0. The normalized spacial score (nSPS) is 17.4. The van der Waals surface area contributed by atoms with E-state index in [0.717, 1.165) is 22.4 Å². The Labute approximate surface area is 232 Å². The van der Waals surface area contributed by atoms with Gasteiger partial charge >= 0.3 is 6.03 Å². The fraction of sp³-hybridized carbons (Fsp3) is 0.516. The maximum atomic E-state index is 13.7. The number of nitrogens with zero attached hydrogens (tertiary/aromatic N) is 2. The SMILES string of the molecule is Cc1cccc(C(C)(C)C)c1NC(=O)N[C@H](Cc1ccccc1)C(=O)N1CCC(C(=O)N2CCOCC2)CC1. The lowest BCUT2D eigenvalue weighted by molar-refractivity contribution is -0.144. The van der Waals surface area contributed by atoms with Gasteiger partial charge in [-0.3, -0.25) is 9.59 Å². The molecule has 2 saturated heterocycles. The fourth-order valence-corrected chi connectivity index (χ4v) is 5.43. The number of para-hydroxylation sites is 1. The van der Waals surface area contributed by atoms with Gasteiger partial charge < -0.3 is 25.2 Å². The van der Waals surface area contributed by atoms with Crippen molar-refractivity contribution >= 4 is 23.5 Å². The standard InChI is InChI=1S/C31H42N4O4/c1-22-9-8-12-25(31(2,3)4)27(22)33-30(38)32-26(21-23-10-6-5-7-11-23)29(37)34-15-13-24(14-16-34)28(36)35-17-19-39-20-18-35/h5-12,24,26H,13-21H2,1-4H3,(H2,32,33,38)/t26-/m1/s1. The summed E-state index contributed by atoms with van der Waals surface area (Å²) in [6.45, 7) is 11.7. The molecular formula is C31H42N4O4. The molecule has 4 rings (SSSR count). The number of aryl methyl sites for hydroxylation is 1. The Morgan fingerprint density at radius 2 is 1.59 bits per heavy atom. The Kier molecular flexibility index (Phi) is 9.28. The molecule has 2 aliphatic rings. The van der Waals surface area contributed by atoms with Gasteiger partial charge in [0.05, 0.1) is 13.2 Å². The first-order chi connectivity index (χ1) is 18.6. The zero-order valence-electron chi connectivity index (χ0n) is 23.7. The number of urea groups is 1. The van der Waals surface area contributed by atoms with Crippen LogP contribution < -0.4 is 10.6 Å². The molecule has 0 aliphatic carbocycles. The van der Waals surface area contributed by atoms with Crippen LogP contribution in [-0.4, -0.2) is 73.1 Å². The van der Waals surface area contributed by atoms with E-state index in [-0.39, 0.29) is 23.1 Å². The Morgan fingerprint density at radius 3 is 2.23 bits per heavy atom. The molecule has 2 aromatic rings. The summed E-state index contributed by atoms with van der Waals surface area (Å²) in [5.41, 5.74) is 3.60. The van der Waals surface area contributed by atoms with E-state index in [4.69, 9.17) is 4.74 Å². The van der Waals surface area contributed by atoms with Crippen LogP contribution in [0.15, 0.2) is 48.5 Å². The molecule has 0 saturated carbocycles. The van der Waals surface area contributed by atoms with E-state index in [9.17, 15) is 14.4 Å². The van der Waals surface area contributed by atoms with Crippen molar-refractivity contribution < 1.29 is 19.1 Å². The number of ether oxygens (including phenoxy) is 1. The van der Waals surface area contributed by atoms with E-state index in [0.29, 0.717) is 58.7 Å². The monoisotopic (exact) mass is 534 g/mol. The highest BCUT2D eigenvalue weighted by atomic mass is 16.5. The van der Waals surface area contributed by atoms with Crippen LogP contribution in [-0.2, 0) is 26.2 Å². The molecule has 210 valence electrons. The number of carbonyl (C=O) groups excluding carboxylic acids is 3. The predicted octanol–water partition coefficient (Wildman–Crippen LogP) is 4.12. The number of piperidine rings is 1. The van der Waals surface area contributed by atoms with Crippen LogP contribution in [0.25, 0.3) is 0 Å². The molecule has 0 radical (unpaired) electrons. The Hall–Kier alpha value is -3.39. The summed E-state index contributed by atoms with van der Waals surface area (Å²) in [6, 6.07) is 14.6. The molecule has 2 aromatic carbocycles. The van der Waals surface area contributed by atoms with Gasteiger partial charge in [0, 0.05) is 44.2 Å². The quantitative estimate of drug-likeness (QED) is 0.583. The van der Waals surface area contributed by atoms with Crippen molar-refractivity contribution in [2.24, 2.45) is 5.92 Å². The number of carbonyl (C=O) groups is 3. The van der Waals surface area contributed by atoms with Crippen LogP contribution in [0.4, 0.5) is 10.5 Å². The largest absolute Gasteiger partial charge is 0.378 e. The highest BCUT2D eigenvalue weighted by molar-refractivity contribution is 5.95. The average molecular weight is 535 g/mol. The van der Waals surface area contributed by atoms with Crippen molar-refractivity contribution in [2.45, 2.75) is 58.4 Å². The molecule has 8 nitrogen and oxygen atoms in total. The Balaban J connectivity index is 1.44. The second-order valence-electron chi connectivity index (χ2n) is 11.6. The summed E-state index contributed by atoms with van der Waals surface area (Å²) < 4.78 is 5.37. The minimum atomic E-state index is -0.721. The summed E-state index contributed by atoms with van der Waals surface area (Å²) in [5, 5.41) is 6.01. The van der Waals surface area contributed by atoms with E-state index in [2.05, 4.69) is 31.4 Å². The molecule has 8 heteroatoms. The molecule has 2 fully saturated rings. The van der Waals surface area contributed by atoms with Gasteiger partial charge in [-0.1, -0.05) is 69.3 Å². The number of nitrogens with one attached hydrogen (secondary N) is 2. The van der Waals surface area contributed by atoms with Gasteiger partial charge in [-0.05, 0) is 41.9 Å². The van der Waals surface area contributed by atoms with E-state index in [1.54, 1.807) is 4.90 Å². The highest BCUT2D eigenvalue weighted by Gasteiger charge is 2.34. The summed E-state index contributed by atoms with van der Waals surface area (Å²) in [4.78, 5) is 43.7. The summed E-state index contributed by atoms with van der Waals surface area (Å²) in [6.07, 6.45) is 1.65. The molecule has 39 heavy (non-hydrogen) atoms. The first kappa shape index (κ1) is 28.6. The zero-order chi connectivity index (χ0) is 28.0. The van der Waals surface area contributed by atoms with Gasteiger partial charge in [-0.25, -0.2) is 4.79 Å². The molecule has 4 amide bonds. The minimum absolute atomic E-state index is 0.0761. The molecule has 0 bridgehead atoms. The Morgan fingerprint density at radius 1 is 0.923 bits per heavy atom. The second kappa shape index (κ2) is 12.6. The summed E-state index contributed by atoms with van der Waals surface area (Å²) in [5.74, 6) is -0.0309. The van der Waals surface area contributed by atoms with E-state index in [1.165, 1.54) is 0 Å². The number of morpholine rings is 1. The van der Waals surface area contributed by atoms with Crippen LogP contribution in [0, 0.1) is 12.8 Å². The van der Waals surface area contributed by atoms with Crippen LogP contribution in [0.2, 0.25) is 0 Å². The lowest BCUT2D eigenvalue weighted by atomic mass is 9.84. The molecule has 0 spiro atoms. The predicted molar refractivity (Wildman–Crippen MR) is 153 cm³/mol. The van der Waals surface area contributed by atoms with Gasteiger partial charge in [-0.15, -0.1) is 0 Å². The summed E-state index contributed by atoms with van der Waals surface area (Å²) >= 11 is 0. The lowest BCUT2D eigenvalue weighted by Crippen LogP contribution is -2.54. The van der Waals surface area contributed by atoms with Crippen LogP contribution in [0.1, 0.15) is 50.3 Å². The van der Waals surface area contributed by atoms with Gasteiger partial charge in [0.15, 0.2) is 0 Å². The van der Waals surface area contributed by atoms with E-state index >= 15 is 0 Å². The van der Waals surface area contributed by atoms with Crippen LogP contribution in [0.3, 0.4) is 0 Å². The number of benzene rings is 2. The van der Waals surface area contributed by atoms with Crippen molar-refractivity contribution in [1.82, 2.24) is 15.1 Å². The Bertz CT molecular complexity index is 1150. The van der Waals surface area contributed by atoms with E-state index in [1.807, 2.05) is 60.4 Å². The van der Waals surface area contributed by atoms with E-state index < -0.39 is 12.1 Å². The second-order valence-corrected chi connectivity index (χ2v) is 11.6. The number of likely N-dealkylation sites (tertiary alicyclic amines) is 1. The van der Waals surface area contributed by atoms with Crippen molar-refractivity contribution in [3.63, 3.8) is 0 Å². The maximum absolute atomic E-state index is 13.7. The number of anilines is 1. The highest BCUT2D eigenvalue weighted by Crippen LogP contribution is 2.32. The smallest absolute Gasteiger partial charge is 0.319 e. The number of hydrogen-bond donors (Lipinski definition) is 2. The van der Waals surface area contributed by atoms with Crippen molar-refractivity contribution in [3.05, 3.63) is 65.2 Å². The minimum Gasteiger partial charge on any atom is -0.378 e. The third-order valence-electron chi connectivity index (χ3n) is 7.68. The molecule has 0 aromatic heterocycles. The zero-order valence-corrected chi connectivity index (χ0v) is 23.7. The number of hydrogen-bond acceptors (Lipinski definition) is 4. The fourth-order valence-electron chi connectivity index (χ4n) is 5.43. The molecule has 0 unspecified atom stereocenters. The first-order valence-electron chi connectivity index (χ1n) is 14.0. The van der Waals surface area contributed by atoms with Crippen molar-refractivity contribution in [2.75, 3.05) is 44.7 Å². The van der Waals surface area contributed by atoms with Gasteiger partial charge in [-0.2, -0.15) is 0 Å². The third-order valence-corrected chi connectivity index (χ3v) is 7.68. The average Bonchev–Trinajstić information content (AvgIpc) is 2.93. The molecule has 2 aliphatic heterocycles. The first-order valence-corrected chi connectivity index (χ1v) is 14.0. The number of rotatable bonds is 6. The molecule has 2 heterocycles. The lowest BCUT2D eigenvalue weighted by Gasteiger charge is -2.36.